The summed E-state index contributed by atoms with van der Waals surface area (Å²) in [5.74, 6) is 1.46. The van der Waals surface area contributed by atoms with Crippen molar-refractivity contribution in [2.45, 2.75) is 48.0 Å². The van der Waals surface area contributed by atoms with Crippen molar-refractivity contribution in [3.8, 4) is 11.8 Å². The summed E-state index contributed by atoms with van der Waals surface area (Å²) in [7, 11) is 0. The molecule has 0 bridgehead atoms. The van der Waals surface area contributed by atoms with Gasteiger partial charge in [0.15, 0.2) is 0 Å². The first-order valence-electron chi connectivity index (χ1n) is 7.46. The Morgan fingerprint density at radius 1 is 1.27 bits per heavy atom. The molecule has 0 aliphatic carbocycles. The highest BCUT2D eigenvalue weighted by Crippen LogP contribution is 2.21. The maximum atomic E-state index is 8.96. The highest BCUT2D eigenvalue weighted by atomic mass is 16.5. The van der Waals surface area contributed by atoms with E-state index >= 15 is 0 Å². The standard InChI is InChI=1S/C19H24N2O/c1-7-13(2)17(6)21-15(4)10-16(5)22-19-11-18(12-20)9-8-14(19)3/h8-11H,7H2,1-6H3/b16-10+,17-13+,21-15+. The average Bonchev–Trinajstić information content (AvgIpc) is 2.48. The van der Waals surface area contributed by atoms with Crippen LogP contribution in [0.25, 0.3) is 0 Å². The minimum Gasteiger partial charge on any atom is -0.462 e. The van der Waals surface area contributed by atoms with Gasteiger partial charge in [-0.1, -0.05) is 18.6 Å². The van der Waals surface area contributed by atoms with Crippen molar-refractivity contribution >= 4 is 5.71 Å². The van der Waals surface area contributed by atoms with Crippen molar-refractivity contribution in [2.24, 2.45) is 4.99 Å². The topological polar surface area (TPSA) is 45.4 Å². The molecule has 3 heteroatoms. The molecule has 0 amide bonds. The van der Waals surface area contributed by atoms with Crippen LogP contribution in [0.15, 0.2) is 46.3 Å². The monoisotopic (exact) mass is 296 g/mol. The summed E-state index contributed by atoms with van der Waals surface area (Å²) < 4.78 is 5.84. The molecule has 0 spiro atoms. The van der Waals surface area contributed by atoms with Crippen molar-refractivity contribution in [3.05, 3.63) is 52.4 Å². The summed E-state index contributed by atoms with van der Waals surface area (Å²) in [4.78, 5) is 4.57. The third kappa shape index (κ3) is 5.21. The Morgan fingerprint density at radius 3 is 2.55 bits per heavy atom. The summed E-state index contributed by atoms with van der Waals surface area (Å²) in [6, 6.07) is 7.56. The van der Waals surface area contributed by atoms with Crippen molar-refractivity contribution < 1.29 is 4.74 Å². The third-order valence-electron chi connectivity index (χ3n) is 3.49. The first kappa shape index (κ1) is 17.7. The average molecular weight is 296 g/mol. The van der Waals surface area contributed by atoms with Crippen LogP contribution >= 0.6 is 0 Å². The second-order valence-corrected chi connectivity index (χ2v) is 5.42. The number of rotatable bonds is 5. The van der Waals surface area contributed by atoms with E-state index in [0.717, 1.165) is 29.2 Å². The van der Waals surface area contributed by atoms with Gasteiger partial charge in [0.2, 0.25) is 0 Å². The number of hydrogen-bond donors (Lipinski definition) is 0. The molecular formula is C19H24N2O. The maximum absolute atomic E-state index is 8.96. The van der Waals surface area contributed by atoms with Gasteiger partial charge in [0.05, 0.1) is 11.6 Å². The van der Waals surface area contributed by atoms with Crippen LogP contribution in [-0.2, 0) is 0 Å². The van der Waals surface area contributed by atoms with Gasteiger partial charge in [0.25, 0.3) is 0 Å². The van der Waals surface area contributed by atoms with Gasteiger partial charge >= 0.3 is 0 Å². The predicted molar refractivity (Wildman–Crippen MR) is 92.1 cm³/mol. The summed E-state index contributed by atoms with van der Waals surface area (Å²) in [5, 5.41) is 8.96. The van der Waals surface area contributed by atoms with Gasteiger partial charge in [0.1, 0.15) is 11.5 Å². The molecule has 0 aliphatic rings. The molecule has 0 saturated heterocycles. The predicted octanol–water partition coefficient (Wildman–Crippen LogP) is 5.31. The van der Waals surface area contributed by atoms with Gasteiger partial charge in [-0.25, -0.2) is 0 Å². The highest BCUT2D eigenvalue weighted by molar-refractivity contribution is 5.93. The summed E-state index contributed by atoms with van der Waals surface area (Å²) in [6.45, 7) is 12.0. The van der Waals surface area contributed by atoms with Gasteiger partial charge < -0.3 is 4.74 Å². The Kier molecular flexibility index (Phi) is 6.59. The van der Waals surface area contributed by atoms with Crippen LogP contribution in [0.3, 0.4) is 0 Å². The molecule has 0 aliphatic heterocycles. The Labute approximate surface area is 133 Å². The van der Waals surface area contributed by atoms with E-state index in [1.54, 1.807) is 12.1 Å². The minimum atomic E-state index is 0.594. The number of aliphatic imine (C=N–C) groups is 1. The van der Waals surface area contributed by atoms with Crippen LogP contribution in [0.4, 0.5) is 0 Å². The largest absolute Gasteiger partial charge is 0.462 e. The fourth-order valence-corrected chi connectivity index (χ4v) is 1.92. The van der Waals surface area contributed by atoms with E-state index < -0.39 is 0 Å². The van der Waals surface area contributed by atoms with Crippen molar-refractivity contribution in [3.63, 3.8) is 0 Å². The summed E-state index contributed by atoms with van der Waals surface area (Å²) in [5.41, 5.74) is 4.82. The van der Waals surface area contributed by atoms with E-state index in [0.29, 0.717) is 11.3 Å². The van der Waals surface area contributed by atoms with Crippen LogP contribution in [0, 0.1) is 18.3 Å². The lowest BCUT2D eigenvalue weighted by atomic mass is 10.1. The highest BCUT2D eigenvalue weighted by Gasteiger charge is 2.03. The van der Waals surface area contributed by atoms with Crippen LogP contribution in [-0.4, -0.2) is 5.71 Å². The van der Waals surface area contributed by atoms with E-state index in [4.69, 9.17) is 10.00 Å². The fourth-order valence-electron chi connectivity index (χ4n) is 1.92. The number of nitrogens with zero attached hydrogens (tertiary/aromatic N) is 2. The second kappa shape index (κ2) is 8.19. The minimum absolute atomic E-state index is 0.594. The second-order valence-electron chi connectivity index (χ2n) is 5.42. The van der Waals surface area contributed by atoms with Crippen LogP contribution in [0.2, 0.25) is 0 Å². The SMILES string of the molecule is CC/C(C)=C(C)/N=C(C)/C=C(\C)Oc1cc(C#N)ccc1C. The van der Waals surface area contributed by atoms with E-state index in [2.05, 4.69) is 24.9 Å². The van der Waals surface area contributed by atoms with Crippen LogP contribution in [0.1, 0.15) is 52.2 Å². The zero-order valence-electron chi connectivity index (χ0n) is 14.3. The smallest absolute Gasteiger partial charge is 0.131 e. The molecule has 0 unspecified atom stereocenters. The zero-order valence-corrected chi connectivity index (χ0v) is 14.3. The number of hydrogen-bond acceptors (Lipinski definition) is 3. The first-order chi connectivity index (χ1) is 10.4. The van der Waals surface area contributed by atoms with Gasteiger partial charge in [-0.15, -0.1) is 0 Å². The molecule has 0 saturated carbocycles. The Bertz CT molecular complexity index is 673. The number of ether oxygens (including phenoxy) is 1. The van der Waals surface area contributed by atoms with Gasteiger partial charge in [-0.2, -0.15) is 5.26 Å². The molecular weight excluding hydrogens is 272 g/mol. The molecule has 1 aromatic rings. The zero-order chi connectivity index (χ0) is 16.7. The van der Waals surface area contributed by atoms with Crippen molar-refractivity contribution in [2.75, 3.05) is 0 Å². The molecule has 0 fully saturated rings. The molecule has 0 atom stereocenters. The number of aryl methyl sites for hydroxylation is 1. The van der Waals surface area contributed by atoms with Crippen molar-refractivity contribution in [1.29, 1.82) is 5.26 Å². The van der Waals surface area contributed by atoms with Crippen LogP contribution < -0.4 is 4.74 Å². The quantitative estimate of drug-likeness (QED) is 0.545. The lowest BCUT2D eigenvalue weighted by Crippen LogP contribution is -1.97. The van der Waals surface area contributed by atoms with E-state index in [-0.39, 0.29) is 0 Å². The molecule has 22 heavy (non-hydrogen) atoms. The first-order valence-corrected chi connectivity index (χ1v) is 7.46. The van der Waals surface area contributed by atoms with E-state index in [9.17, 15) is 0 Å². The maximum Gasteiger partial charge on any atom is 0.131 e. The number of benzene rings is 1. The number of allylic oxidation sites excluding steroid dienone is 4. The summed E-state index contributed by atoms with van der Waals surface area (Å²) >= 11 is 0. The molecule has 0 heterocycles. The fraction of sp³-hybridized carbons (Fsp3) is 0.368. The lowest BCUT2D eigenvalue weighted by Gasteiger charge is -2.09. The van der Waals surface area contributed by atoms with Crippen molar-refractivity contribution in [1.82, 2.24) is 0 Å². The normalized spacial score (nSPS) is 13.5. The number of nitriles is 1. The van der Waals surface area contributed by atoms with Gasteiger partial charge in [-0.05, 0) is 64.8 Å². The molecule has 0 aromatic heterocycles. The Morgan fingerprint density at radius 2 is 1.95 bits per heavy atom. The molecule has 116 valence electrons. The molecule has 3 nitrogen and oxygen atoms in total. The molecule has 0 radical (unpaired) electrons. The van der Waals surface area contributed by atoms with Gasteiger partial charge in [0, 0.05) is 11.4 Å². The lowest BCUT2D eigenvalue weighted by molar-refractivity contribution is 0.425. The Hall–Kier alpha value is -2.34. The molecule has 0 N–H and O–H groups in total. The van der Waals surface area contributed by atoms with E-state index in [1.165, 1.54) is 5.57 Å². The van der Waals surface area contributed by atoms with E-state index in [1.807, 2.05) is 39.8 Å². The summed E-state index contributed by atoms with van der Waals surface area (Å²) in [6.07, 6.45) is 2.91. The van der Waals surface area contributed by atoms with Crippen LogP contribution in [0.5, 0.6) is 5.75 Å². The van der Waals surface area contributed by atoms with Gasteiger partial charge in [-0.3, -0.25) is 4.99 Å². The molecule has 1 aromatic carbocycles. The Balaban J connectivity index is 2.96. The molecule has 1 rings (SSSR count). The third-order valence-corrected chi connectivity index (χ3v) is 3.49.